The van der Waals surface area contributed by atoms with Crippen LogP contribution in [0.2, 0.25) is 0 Å². The molecule has 2 rings (SSSR count). The van der Waals surface area contributed by atoms with Gasteiger partial charge in [-0.25, -0.2) is 0 Å². The average molecular weight is 289 g/mol. The lowest BCUT2D eigenvalue weighted by Crippen LogP contribution is -2.49. The first-order chi connectivity index (χ1) is 9.96. The molecule has 0 bridgehead atoms. The second-order valence-electron chi connectivity index (χ2n) is 5.22. The van der Waals surface area contributed by atoms with Gasteiger partial charge in [0.1, 0.15) is 5.54 Å². The molecule has 0 saturated heterocycles. The summed E-state index contributed by atoms with van der Waals surface area (Å²) < 4.78 is 1.63. The average Bonchev–Trinajstić information content (AvgIpc) is 2.93. The van der Waals surface area contributed by atoms with Crippen molar-refractivity contribution in [3.63, 3.8) is 0 Å². The zero-order chi connectivity index (χ0) is 15.5. The van der Waals surface area contributed by atoms with Crippen molar-refractivity contribution in [3.05, 3.63) is 36.2 Å². The topological polar surface area (TPSA) is 84.1 Å². The Morgan fingerprint density at radius 1 is 1.33 bits per heavy atom. The van der Waals surface area contributed by atoms with Crippen LogP contribution in [0.15, 0.2) is 30.3 Å². The van der Waals surface area contributed by atoms with Crippen LogP contribution in [0, 0.1) is 0 Å². The molecule has 1 aromatic carbocycles. The summed E-state index contributed by atoms with van der Waals surface area (Å²) in [6.45, 7) is 6.21. The van der Waals surface area contributed by atoms with E-state index in [1.165, 1.54) is 0 Å². The van der Waals surface area contributed by atoms with E-state index in [0.717, 1.165) is 5.69 Å². The van der Waals surface area contributed by atoms with Gasteiger partial charge < -0.3 is 5.11 Å². The monoisotopic (exact) mass is 289 g/mol. The second-order valence-corrected chi connectivity index (χ2v) is 5.22. The molecule has 0 saturated carbocycles. The van der Waals surface area contributed by atoms with Gasteiger partial charge in [-0.1, -0.05) is 25.1 Å². The van der Waals surface area contributed by atoms with Crippen LogP contribution in [0.5, 0.6) is 0 Å². The molecule has 1 heterocycles. The normalized spacial score (nSPS) is 11.8. The predicted molar refractivity (Wildman–Crippen MR) is 77.0 cm³/mol. The van der Waals surface area contributed by atoms with Gasteiger partial charge in [0.2, 0.25) is 0 Å². The van der Waals surface area contributed by atoms with Gasteiger partial charge in [-0.3, -0.25) is 9.69 Å². The van der Waals surface area contributed by atoms with E-state index in [0.29, 0.717) is 18.9 Å². The summed E-state index contributed by atoms with van der Waals surface area (Å²) in [7, 11) is 0. The number of carboxylic acids is 1. The molecule has 2 aromatic rings. The summed E-state index contributed by atoms with van der Waals surface area (Å²) in [6.07, 6.45) is 0. The maximum absolute atomic E-state index is 11.4. The number of likely N-dealkylation sites (N-methyl/N-ethyl adjacent to an activating group) is 1. The Bertz CT molecular complexity index is 609. The van der Waals surface area contributed by atoms with Crippen molar-refractivity contribution in [1.82, 2.24) is 25.1 Å². The summed E-state index contributed by atoms with van der Waals surface area (Å²) >= 11 is 0. The van der Waals surface area contributed by atoms with Crippen molar-refractivity contribution in [2.24, 2.45) is 0 Å². The van der Waals surface area contributed by atoms with Crippen molar-refractivity contribution in [3.8, 4) is 5.69 Å². The molecule has 0 aliphatic carbocycles. The SMILES string of the molecule is CCN(Cc1nnnn1-c1ccccc1)C(C)(C)C(=O)O. The minimum Gasteiger partial charge on any atom is -0.480 e. The van der Waals surface area contributed by atoms with Crippen molar-refractivity contribution in [2.45, 2.75) is 32.9 Å². The number of rotatable bonds is 6. The van der Waals surface area contributed by atoms with E-state index in [2.05, 4.69) is 15.5 Å². The number of nitrogens with zero attached hydrogens (tertiary/aromatic N) is 5. The predicted octanol–water partition coefficient (Wildman–Crippen LogP) is 1.35. The van der Waals surface area contributed by atoms with Gasteiger partial charge in [-0.15, -0.1) is 5.10 Å². The van der Waals surface area contributed by atoms with E-state index >= 15 is 0 Å². The fraction of sp³-hybridized carbons (Fsp3) is 0.429. The van der Waals surface area contributed by atoms with Gasteiger partial charge >= 0.3 is 5.97 Å². The molecular weight excluding hydrogens is 270 g/mol. The third-order valence-corrected chi connectivity index (χ3v) is 3.56. The molecule has 1 aromatic heterocycles. The van der Waals surface area contributed by atoms with E-state index in [4.69, 9.17) is 0 Å². The standard InChI is InChI=1S/C14H19N5O2/c1-4-18(14(2,3)13(20)21)10-12-15-16-17-19(12)11-8-6-5-7-9-11/h5-9H,4,10H2,1-3H3,(H,20,21). The van der Waals surface area contributed by atoms with Crippen LogP contribution < -0.4 is 0 Å². The molecule has 0 unspecified atom stereocenters. The Balaban J connectivity index is 2.28. The van der Waals surface area contributed by atoms with Gasteiger partial charge in [-0.2, -0.15) is 4.68 Å². The number of aromatic nitrogens is 4. The first kappa shape index (κ1) is 15.1. The first-order valence-electron chi connectivity index (χ1n) is 6.78. The molecule has 0 atom stereocenters. The lowest BCUT2D eigenvalue weighted by Gasteiger charge is -2.33. The molecule has 21 heavy (non-hydrogen) atoms. The second kappa shape index (κ2) is 6.01. The maximum Gasteiger partial charge on any atom is 0.323 e. The van der Waals surface area contributed by atoms with E-state index in [-0.39, 0.29) is 0 Å². The fourth-order valence-electron chi connectivity index (χ4n) is 2.08. The van der Waals surface area contributed by atoms with Crippen LogP contribution in [-0.2, 0) is 11.3 Å². The Labute approximate surface area is 123 Å². The van der Waals surface area contributed by atoms with Crippen molar-refractivity contribution in [2.75, 3.05) is 6.54 Å². The highest BCUT2D eigenvalue weighted by Crippen LogP contribution is 2.18. The van der Waals surface area contributed by atoms with Crippen LogP contribution >= 0.6 is 0 Å². The molecule has 0 spiro atoms. The molecule has 7 nitrogen and oxygen atoms in total. The van der Waals surface area contributed by atoms with Crippen molar-refractivity contribution >= 4 is 5.97 Å². The molecule has 0 aliphatic rings. The molecule has 0 radical (unpaired) electrons. The van der Waals surface area contributed by atoms with Crippen LogP contribution in [0.1, 0.15) is 26.6 Å². The van der Waals surface area contributed by atoms with Crippen molar-refractivity contribution in [1.29, 1.82) is 0 Å². The van der Waals surface area contributed by atoms with E-state index in [1.54, 1.807) is 18.5 Å². The third-order valence-electron chi connectivity index (χ3n) is 3.56. The van der Waals surface area contributed by atoms with Gasteiger partial charge in [0, 0.05) is 0 Å². The summed E-state index contributed by atoms with van der Waals surface area (Å²) in [5.41, 5.74) is -0.135. The zero-order valence-electron chi connectivity index (χ0n) is 12.4. The van der Waals surface area contributed by atoms with Crippen LogP contribution in [0.25, 0.3) is 5.69 Å². The zero-order valence-corrected chi connectivity index (χ0v) is 12.4. The maximum atomic E-state index is 11.4. The quantitative estimate of drug-likeness (QED) is 0.864. The lowest BCUT2D eigenvalue weighted by molar-refractivity contribution is -0.149. The first-order valence-corrected chi connectivity index (χ1v) is 6.78. The molecule has 7 heteroatoms. The highest BCUT2D eigenvalue weighted by Gasteiger charge is 2.34. The summed E-state index contributed by atoms with van der Waals surface area (Å²) in [5.74, 6) is -0.263. The molecule has 0 aliphatic heterocycles. The van der Waals surface area contributed by atoms with Gasteiger partial charge in [0.25, 0.3) is 0 Å². The number of hydrogen-bond donors (Lipinski definition) is 1. The molecule has 0 fully saturated rings. The Hall–Kier alpha value is -2.28. The molecular formula is C14H19N5O2. The minimum atomic E-state index is -0.984. The van der Waals surface area contributed by atoms with Crippen molar-refractivity contribution < 1.29 is 9.90 Å². The van der Waals surface area contributed by atoms with E-state index in [1.807, 2.05) is 42.2 Å². The minimum absolute atomic E-state index is 0.359. The smallest absolute Gasteiger partial charge is 0.323 e. The number of carbonyl (C=O) groups is 1. The van der Waals surface area contributed by atoms with Crippen LogP contribution in [0.3, 0.4) is 0 Å². The number of para-hydroxylation sites is 1. The summed E-state index contributed by atoms with van der Waals surface area (Å²) in [4.78, 5) is 13.2. The Morgan fingerprint density at radius 3 is 2.57 bits per heavy atom. The molecule has 0 amide bonds. The summed E-state index contributed by atoms with van der Waals surface area (Å²) in [6, 6.07) is 9.52. The van der Waals surface area contributed by atoms with Crippen LogP contribution in [-0.4, -0.2) is 48.3 Å². The van der Waals surface area contributed by atoms with Gasteiger partial charge in [0.15, 0.2) is 5.82 Å². The number of carboxylic acid groups (broad SMARTS) is 1. The number of hydrogen-bond acceptors (Lipinski definition) is 5. The Kier molecular flexibility index (Phi) is 4.32. The number of tetrazole rings is 1. The summed E-state index contributed by atoms with van der Waals surface area (Å²) in [5, 5.41) is 21.1. The van der Waals surface area contributed by atoms with Crippen LogP contribution in [0.4, 0.5) is 0 Å². The fourth-order valence-corrected chi connectivity index (χ4v) is 2.08. The van der Waals surface area contributed by atoms with Gasteiger partial charge in [0.05, 0.1) is 12.2 Å². The van der Waals surface area contributed by atoms with E-state index in [9.17, 15) is 9.90 Å². The molecule has 1 N–H and O–H groups in total. The highest BCUT2D eigenvalue weighted by molar-refractivity contribution is 5.77. The number of aliphatic carboxylic acids is 1. The largest absolute Gasteiger partial charge is 0.480 e. The molecule has 112 valence electrons. The number of benzene rings is 1. The van der Waals surface area contributed by atoms with Gasteiger partial charge in [-0.05, 0) is 43.0 Å². The van der Waals surface area contributed by atoms with E-state index < -0.39 is 11.5 Å². The lowest BCUT2D eigenvalue weighted by atomic mass is 10.0. The highest BCUT2D eigenvalue weighted by atomic mass is 16.4. The Morgan fingerprint density at radius 2 is 2.00 bits per heavy atom. The third kappa shape index (κ3) is 3.08.